The van der Waals surface area contributed by atoms with E-state index in [1.807, 2.05) is 0 Å². The van der Waals surface area contributed by atoms with Crippen LogP contribution in [0.2, 0.25) is 0 Å². The first-order valence-corrected chi connectivity index (χ1v) is 7.93. The third kappa shape index (κ3) is 3.66. The summed E-state index contributed by atoms with van der Waals surface area (Å²) in [5.41, 5.74) is 0. The number of H-pyrrole nitrogens is 1. The number of imidazole rings is 1. The summed E-state index contributed by atoms with van der Waals surface area (Å²) in [5.74, 6) is -64.8. The summed E-state index contributed by atoms with van der Waals surface area (Å²) in [4.78, 5) is 16.3. The van der Waals surface area contributed by atoms with Crippen LogP contribution in [-0.4, -0.2) is 63.4 Å². The van der Waals surface area contributed by atoms with E-state index in [-0.39, 0.29) is 6.92 Å². The number of rotatable bonds is 9. The van der Waals surface area contributed by atoms with Crippen LogP contribution < -0.4 is 0 Å². The molecule has 0 aliphatic heterocycles. The molecule has 0 bridgehead atoms. The van der Waals surface area contributed by atoms with Crippen molar-refractivity contribution in [1.29, 1.82) is 0 Å². The van der Waals surface area contributed by atoms with Gasteiger partial charge in [-0.25, -0.2) is 4.98 Å². The number of aromatic nitrogens is 2. The van der Waals surface area contributed by atoms with Gasteiger partial charge in [0, 0.05) is 12.4 Å². The van der Waals surface area contributed by atoms with Gasteiger partial charge in [0.05, 0.1) is 5.92 Å². The first kappa shape index (κ1) is 29.7. The number of halogens is 17. The molecular formula is C14H7F17N2O. The van der Waals surface area contributed by atoms with E-state index in [1.165, 1.54) is 0 Å². The maximum atomic E-state index is 14.0. The lowest BCUT2D eigenvalue weighted by atomic mass is 9.84. The van der Waals surface area contributed by atoms with Crippen molar-refractivity contribution in [2.24, 2.45) is 5.92 Å². The highest BCUT2D eigenvalue weighted by molar-refractivity contribution is 5.95. The molecule has 0 fully saturated rings. The zero-order valence-electron chi connectivity index (χ0n) is 15.5. The van der Waals surface area contributed by atoms with Gasteiger partial charge in [-0.15, -0.1) is 0 Å². The molecule has 3 nitrogen and oxygen atoms in total. The standard InChI is InChI=1S/C14H7F17N2O/c1-4(5(34)6-32-2-3-33-6)7(15,16)8(17,18)9(19,20)10(21,22)11(23,24)12(25,26)13(27,28)14(29,30)31/h2-4H,1H3,(H,32,33). The quantitative estimate of drug-likeness (QED) is 0.297. The van der Waals surface area contributed by atoms with Gasteiger partial charge in [-0.2, -0.15) is 74.6 Å². The Bertz CT molecular complexity index is 887. The fourth-order valence-electron chi connectivity index (χ4n) is 2.22. The number of nitrogens with one attached hydrogen (secondary N) is 1. The smallest absolute Gasteiger partial charge is 0.342 e. The van der Waals surface area contributed by atoms with Crippen LogP contribution in [0.1, 0.15) is 17.5 Å². The predicted octanol–water partition coefficient (Wildman–Crippen LogP) is 6.24. The second-order valence-electron chi connectivity index (χ2n) is 6.59. The summed E-state index contributed by atoms with van der Waals surface area (Å²) >= 11 is 0. The number of nitrogens with zero attached hydrogens (tertiary/aromatic N) is 1. The van der Waals surface area contributed by atoms with E-state index >= 15 is 0 Å². The molecule has 1 aromatic heterocycles. The predicted molar refractivity (Wildman–Crippen MR) is 72.8 cm³/mol. The van der Waals surface area contributed by atoms with E-state index in [4.69, 9.17) is 0 Å². The normalized spacial score (nSPS) is 16.5. The molecule has 20 heteroatoms. The molecule has 1 N–H and O–H groups in total. The van der Waals surface area contributed by atoms with Gasteiger partial charge in [-0.1, -0.05) is 0 Å². The van der Waals surface area contributed by atoms with E-state index in [0.717, 1.165) is 0 Å². The van der Waals surface area contributed by atoms with Crippen LogP contribution in [0.4, 0.5) is 74.6 Å². The number of aromatic amines is 1. The van der Waals surface area contributed by atoms with Crippen molar-refractivity contribution < 1.29 is 79.4 Å². The van der Waals surface area contributed by atoms with Crippen molar-refractivity contribution in [3.05, 3.63) is 18.2 Å². The molecule has 1 unspecified atom stereocenters. The van der Waals surface area contributed by atoms with E-state index in [1.54, 1.807) is 4.98 Å². The average molecular weight is 542 g/mol. The Morgan fingerprint density at radius 1 is 0.676 bits per heavy atom. The lowest BCUT2D eigenvalue weighted by molar-refractivity contribution is -0.462. The van der Waals surface area contributed by atoms with Gasteiger partial charge in [0.25, 0.3) is 0 Å². The third-order valence-electron chi connectivity index (χ3n) is 4.42. The molecule has 1 heterocycles. The minimum atomic E-state index is -8.71. The van der Waals surface area contributed by atoms with Gasteiger partial charge in [0.2, 0.25) is 5.78 Å². The second kappa shape index (κ2) is 7.85. The molecular weight excluding hydrogens is 535 g/mol. The van der Waals surface area contributed by atoms with E-state index in [2.05, 4.69) is 4.98 Å². The van der Waals surface area contributed by atoms with Crippen molar-refractivity contribution in [2.45, 2.75) is 54.6 Å². The Morgan fingerprint density at radius 3 is 1.35 bits per heavy atom. The molecule has 1 atom stereocenters. The van der Waals surface area contributed by atoms with Gasteiger partial charge in [-0.3, -0.25) is 4.79 Å². The van der Waals surface area contributed by atoms with Crippen molar-refractivity contribution in [1.82, 2.24) is 9.97 Å². The maximum Gasteiger partial charge on any atom is 0.460 e. The first-order chi connectivity index (χ1) is 14.7. The molecule has 34 heavy (non-hydrogen) atoms. The Morgan fingerprint density at radius 2 is 1.03 bits per heavy atom. The van der Waals surface area contributed by atoms with Crippen molar-refractivity contribution in [2.75, 3.05) is 0 Å². The van der Waals surface area contributed by atoms with Gasteiger partial charge in [0.1, 0.15) is 0 Å². The van der Waals surface area contributed by atoms with E-state index in [0.29, 0.717) is 12.4 Å². The fourth-order valence-corrected chi connectivity index (χ4v) is 2.22. The monoisotopic (exact) mass is 542 g/mol. The maximum absolute atomic E-state index is 14.0. The van der Waals surface area contributed by atoms with Crippen LogP contribution in [0.5, 0.6) is 0 Å². The summed E-state index contributed by atoms with van der Waals surface area (Å²) in [5, 5.41) is 0. The third-order valence-corrected chi connectivity index (χ3v) is 4.42. The second-order valence-corrected chi connectivity index (χ2v) is 6.59. The summed E-state index contributed by atoms with van der Waals surface area (Å²) in [6.45, 7) is -0.336. The van der Waals surface area contributed by atoms with Crippen molar-refractivity contribution in [3.63, 3.8) is 0 Å². The molecule has 0 aliphatic rings. The molecule has 0 amide bonds. The van der Waals surface area contributed by atoms with E-state index in [9.17, 15) is 79.4 Å². The van der Waals surface area contributed by atoms with Gasteiger partial charge in [-0.05, 0) is 6.92 Å². The minimum absolute atomic E-state index is 0.336. The number of hydrogen-bond acceptors (Lipinski definition) is 2. The van der Waals surface area contributed by atoms with Crippen LogP contribution in [-0.2, 0) is 0 Å². The first-order valence-electron chi connectivity index (χ1n) is 7.93. The number of alkyl halides is 17. The molecule has 0 saturated heterocycles. The molecule has 0 aromatic carbocycles. The number of carbonyl (C=O) groups excluding carboxylic acids is 1. The zero-order valence-corrected chi connectivity index (χ0v) is 15.5. The van der Waals surface area contributed by atoms with Gasteiger partial charge in [0.15, 0.2) is 5.82 Å². The van der Waals surface area contributed by atoms with Crippen LogP contribution in [0.3, 0.4) is 0 Å². The number of ketones is 1. The Hall–Kier alpha value is -2.31. The molecule has 1 rings (SSSR count). The summed E-state index contributed by atoms with van der Waals surface area (Å²) in [6, 6.07) is 0. The van der Waals surface area contributed by atoms with Gasteiger partial charge < -0.3 is 4.98 Å². The molecule has 198 valence electrons. The molecule has 0 saturated carbocycles. The zero-order chi connectivity index (χ0) is 27.6. The molecule has 0 spiro atoms. The highest BCUT2D eigenvalue weighted by atomic mass is 19.4. The number of Topliss-reactive ketones (excluding diaryl/α,β-unsaturated/α-hetero) is 1. The summed E-state index contributed by atoms with van der Waals surface area (Å²) < 4.78 is 225. The Balaban J connectivity index is 3.64. The van der Waals surface area contributed by atoms with Crippen LogP contribution in [0.25, 0.3) is 0 Å². The lowest BCUT2D eigenvalue weighted by Crippen LogP contribution is -2.75. The minimum Gasteiger partial charge on any atom is -0.342 e. The fraction of sp³-hybridized carbons (Fsp3) is 0.714. The van der Waals surface area contributed by atoms with Crippen LogP contribution in [0.15, 0.2) is 12.4 Å². The van der Waals surface area contributed by atoms with Crippen LogP contribution in [0, 0.1) is 5.92 Å². The summed E-state index contributed by atoms with van der Waals surface area (Å²) in [6.07, 6.45) is -6.52. The topological polar surface area (TPSA) is 45.8 Å². The Labute approximate surface area is 175 Å². The SMILES string of the molecule is CC(C(=O)c1ncc[nH]1)C(F)(F)C(F)(F)C(F)(F)C(F)(F)C(F)(F)C(F)(F)C(F)(F)C(F)(F)F. The van der Waals surface area contributed by atoms with E-state index < -0.39 is 65.2 Å². The van der Waals surface area contributed by atoms with Crippen molar-refractivity contribution in [3.8, 4) is 0 Å². The molecule has 0 radical (unpaired) electrons. The highest BCUT2D eigenvalue weighted by Gasteiger charge is 2.95. The Kier molecular flexibility index (Phi) is 6.87. The average Bonchev–Trinajstić information content (AvgIpc) is 3.19. The molecule has 0 aliphatic carbocycles. The number of carbonyl (C=O) groups is 1. The van der Waals surface area contributed by atoms with Gasteiger partial charge >= 0.3 is 47.6 Å². The molecule has 1 aromatic rings. The summed E-state index contributed by atoms with van der Waals surface area (Å²) in [7, 11) is 0. The van der Waals surface area contributed by atoms with Crippen LogP contribution >= 0.6 is 0 Å². The largest absolute Gasteiger partial charge is 0.460 e. The highest BCUT2D eigenvalue weighted by Crippen LogP contribution is 2.64. The number of hydrogen-bond donors (Lipinski definition) is 1. The lowest BCUT2D eigenvalue weighted by Gasteiger charge is -2.43. The van der Waals surface area contributed by atoms with Crippen molar-refractivity contribution >= 4 is 5.78 Å².